The highest BCUT2D eigenvalue weighted by atomic mass is 32.1. The summed E-state index contributed by atoms with van der Waals surface area (Å²) in [7, 11) is 0. The van der Waals surface area contributed by atoms with Gasteiger partial charge in [-0.15, -0.1) is 11.3 Å². The summed E-state index contributed by atoms with van der Waals surface area (Å²) in [6.45, 7) is 5.90. The number of H-pyrrole nitrogens is 1. The molecule has 2 rings (SSSR count). The molecule has 1 aromatic heterocycles. The van der Waals surface area contributed by atoms with Gasteiger partial charge in [0, 0.05) is 5.54 Å². The average molecular weight is 240 g/mol. The Labute approximate surface area is 99.1 Å². The van der Waals surface area contributed by atoms with E-state index in [2.05, 4.69) is 11.1 Å². The molecule has 2 nitrogen and oxygen atoms in total. The SMILES string of the molecule is CC(C)(C)N.S=c1[nH]c2ccccc2s1. The van der Waals surface area contributed by atoms with E-state index < -0.39 is 0 Å². The second-order valence-electron chi connectivity index (χ2n) is 4.38. The van der Waals surface area contributed by atoms with E-state index in [4.69, 9.17) is 18.0 Å². The van der Waals surface area contributed by atoms with Gasteiger partial charge in [0.15, 0.2) is 3.95 Å². The van der Waals surface area contributed by atoms with Gasteiger partial charge in [-0.1, -0.05) is 12.1 Å². The van der Waals surface area contributed by atoms with E-state index in [1.165, 1.54) is 4.70 Å². The number of rotatable bonds is 0. The van der Waals surface area contributed by atoms with Crippen molar-refractivity contribution in [2.45, 2.75) is 26.3 Å². The summed E-state index contributed by atoms with van der Waals surface area (Å²) in [5, 5.41) is 0. The van der Waals surface area contributed by atoms with Crippen LogP contribution in [0, 0.1) is 3.95 Å². The Morgan fingerprint density at radius 2 is 1.80 bits per heavy atom. The average Bonchev–Trinajstić information content (AvgIpc) is 2.40. The van der Waals surface area contributed by atoms with Crippen LogP contribution in [-0.4, -0.2) is 10.5 Å². The molecule has 15 heavy (non-hydrogen) atoms. The van der Waals surface area contributed by atoms with E-state index in [-0.39, 0.29) is 5.54 Å². The molecule has 0 aliphatic rings. The number of aromatic amines is 1. The van der Waals surface area contributed by atoms with Gasteiger partial charge < -0.3 is 10.7 Å². The molecule has 1 heterocycles. The van der Waals surface area contributed by atoms with E-state index in [1.54, 1.807) is 11.3 Å². The quantitative estimate of drug-likeness (QED) is 0.689. The van der Waals surface area contributed by atoms with Crippen molar-refractivity contribution in [3.63, 3.8) is 0 Å². The maximum absolute atomic E-state index is 5.35. The summed E-state index contributed by atoms with van der Waals surface area (Å²) < 4.78 is 2.08. The van der Waals surface area contributed by atoms with E-state index in [1.807, 2.05) is 39.0 Å². The van der Waals surface area contributed by atoms with Crippen LogP contribution < -0.4 is 5.73 Å². The van der Waals surface area contributed by atoms with Gasteiger partial charge in [-0.25, -0.2) is 0 Å². The molecule has 0 unspecified atom stereocenters. The zero-order chi connectivity index (χ0) is 11.5. The molecule has 0 amide bonds. The molecule has 2 aromatic rings. The smallest absolute Gasteiger partial charge is 0.159 e. The zero-order valence-corrected chi connectivity index (χ0v) is 10.8. The largest absolute Gasteiger partial charge is 0.337 e. The summed E-state index contributed by atoms with van der Waals surface area (Å²) >= 11 is 6.59. The maximum atomic E-state index is 5.35. The number of hydrogen-bond acceptors (Lipinski definition) is 3. The van der Waals surface area contributed by atoms with Crippen molar-refractivity contribution >= 4 is 33.8 Å². The van der Waals surface area contributed by atoms with Gasteiger partial charge in [0.25, 0.3) is 0 Å². The van der Waals surface area contributed by atoms with Crippen molar-refractivity contribution in [1.82, 2.24) is 4.98 Å². The third-order valence-electron chi connectivity index (χ3n) is 1.33. The lowest BCUT2D eigenvalue weighted by molar-refractivity contribution is 0.580. The zero-order valence-electron chi connectivity index (χ0n) is 9.20. The number of nitrogens with two attached hydrogens (primary N) is 1. The molecule has 0 saturated heterocycles. The Morgan fingerprint density at radius 3 is 2.33 bits per heavy atom. The molecule has 0 saturated carbocycles. The summed E-state index contributed by atoms with van der Waals surface area (Å²) in [6.07, 6.45) is 0. The van der Waals surface area contributed by atoms with E-state index in [9.17, 15) is 0 Å². The van der Waals surface area contributed by atoms with Crippen LogP contribution in [0.15, 0.2) is 24.3 Å². The summed E-state index contributed by atoms with van der Waals surface area (Å²) in [4.78, 5) is 3.09. The summed E-state index contributed by atoms with van der Waals surface area (Å²) in [5.74, 6) is 0. The van der Waals surface area contributed by atoms with Gasteiger partial charge in [-0.2, -0.15) is 0 Å². The fourth-order valence-corrected chi connectivity index (χ4v) is 2.01. The number of para-hydroxylation sites is 1. The van der Waals surface area contributed by atoms with Crippen molar-refractivity contribution in [3.8, 4) is 0 Å². The number of hydrogen-bond donors (Lipinski definition) is 2. The first-order valence-corrected chi connectivity index (χ1v) is 5.95. The first-order chi connectivity index (χ1) is 6.86. The van der Waals surface area contributed by atoms with Crippen LogP contribution in [-0.2, 0) is 0 Å². The second kappa shape index (κ2) is 4.88. The Balaban J connectivity index is 0.000000195. The molecule has 82 valence electrons. The van der Waals surface area contributed by atoms with E-state index in [0.29, 0.717) is 0 Å². The first-order valence-electron chi connectivity index (χ1n) is 4.73. The molecule has 4 heteroatoms. The van der Waals surface area contributed by atoms with Gasteiger partial charge in [0.05, 0.1) is 10.2 Å². The van der Waals surface area contributed by atoms with Gasteiger partial charge in [0.2, 0.25) is 0 Å². The lowest BCUT2D eigenvalue weighted by atomic mass is 10.1. The number of aromatic nitrogens is 1. The third kappa shape index (κ3) is 5.06. The fourth-order valence-electron chi connectivity index (χ4n) is 0.894. The van der Waals surface area contributed by atoms with Gasteiger partial charge in [-0.3, -0.25) is 0 Å². The molecule has 0 spiro atoms. The first kappa shape index (κ1) is 12.4. The molecule has 0 fully saturated rings. The minimum absolute atomic E-state index is 0. The third-order valence-corrected chi connectivity index (χ3v) is 2.54. The van der Waals surface area contributed by atoms with Crippen LogP contribution in [0.25, 0.3) is 10.2 Å². The standard InChI is InChI=1S/C7H5NS2.C4H11N/c9-7-8-5-3-1-2-4-6(5)10-7;1-4(2,3)5/h1-4H,(H,8,9);5H2,1-3H3. The predicted octanol–water partition coefficient (Wildman–Crippen LogP) is 3.70. The monoisotopic (exact) mass is 240 g/mol. The molecule has 0 aliphatic heterocycles. The molecule has 0 radical (unpaired) electrons. The maximum Gasteiger partial charge on any atom is 0.159 e. The minimum atomic E-state index is 0. The topological polar surface area (TPSA) is 41.8 Å². The lowest BCUT2D eigenvalue weighted by Crippen LogP contribution is -2.26. The normalized spacial score (nSPS) is 10.9. The number of nitrogens with one attached hydrogen (secondary N) is 1. The molecule has 0 aliphatic carbocycles. The van der Waals surface area contributed by atoms with Crippen LogP contribution in [0.1, 0.15) is 20.8 Å². The van der Waals surface area contributed by atoms with E-state index in [0.717, 1.165) is 9.47 Å². The van der Waals surface area contributed by atoms with Gasteiger partial charge in [0.1, 0.15) is 0 Å². The van der Waals surface area contributed by atoms with Gasteiger partial charge >= 0.3 is 0 Å². The molecule has 1 aromatic carbocycles. The fraction of sp³-hybridized carbons (Fsp3) is 0.364. The highest BCUT2D eigenvalue weighted by molar-refractivity contribution is 7.73. The Kier molecular flexibility index (Phi) is 4.02. The number of thiazole rings is 1. The summed E-state index contributed by atoms with van der Waals surface area (Å²) in [6, 6.07) is 8.11. The molecule has 0 bridgehead atoms. The molecular weight excluding hydrogens is 224 g/mol. The summed E-state index contributed by atoms with van der Waals surface area (Å²) in [5.41, 5.74) is 6.49. The van der Waals surface area contributed by atoms with Gasteiger partial charge in [-0.05, 0) is 45.1 Å². The number of fused-ring (bicyclic) bond motifs is 1. The van der Waals surface area contributed by atoms with Crippen molar-refractivity contribution < 1.29 is 0 Å². The van der Waals surface area contributed by atoms with E-state index >= 15 is 0 Å². The molecule has 3 N–H and O–H groups in total. The van der Waals surface area contributed by atoms with Crippen LogP contribution in [0.4, 0.5) is 0 Å². The molecular formula is C11H16N2S2. The lowest BCUT2D eigenvalue weighted by Gasteiger charge is -2.06. The van der Waals surface area contributed by atoms with Crippen molar-refractivity contribution in [3.05, 3.63) is 28.2 Å². The Morgan fingerprint density at radius 1 is 1.27 bits per heavy atom. The van der Waals surface area contributed by atoms with Crippen LogP contribution in [0.5, 0.6) is 0 Å². The number of benzene rings is 1. The van der Waals surface area contributed by atoms with Crippen molar-refractivity contribution in [1.29, 1.82) is 0 Å². The van der Waals surface area contributed by atoms with Crippen molar-refractivity contribution in [2.24, 2.45) is 5.73 Å². The second-order valence-corrected chi connectivity index (χ2v) is 6.10. The Hall–Kier alpha value is -0.710. The Bertz CT molecular complexity index is 435. The van der Waals surface area contributed by atoms with Crippen molar-refractivity contribution in [2.75, 3.05) is 0 Å². The highest BCUT2D eigenvalue weighted by Gasteiger charge is 1.95. The van der Waals surface area contributed by atoms with Crippen LogP contribution in [0.2, 0.25) is 0 Å². The molecule has 0 atom stereocenters. The minimum Gasteiger partial charge on any atom is -0.337 e. The highest BCUT2D eigenvalue weighted by Crippen LogP contribution is 2.17. The predicted molar refractivity (Wildman–Crippen MR) is 71.0 cm³/mol. The van der Waals surface area contributed by atoms with Crippen LogP contribution in [0.3, 0.4) is 0 Å². The van der Waals surface area contributed by atoms with Crippen LogP contribution >= 0.6 is 23.6 Å².